The van der Waals surface area contributed by atoms with Gasteiger partial charge in [0.15, 0.2) is 17.3 Å². The Hall–Kier alpha value is -4.69. The molecule has 11 nitrogen and oxygen atoms in total. The van der Waals surface area contributed by atoms with E-state index < -0.39 is 23.3 Å². The van der Waals surface area contributed by atoms with Crippen molar-refractivity contribution in [3.8, 4) is 11.5 Å². The molecule has 0 unspecified atom stereocenters. The number of anilines is 1. The van der Waals surface area contributed by atoms with Crippen LogP contribution in [0.3, 0.4) is 0 Å². The highest BCUT2D eigenvalue weighted by atomic mass is 35.5. The molecule has 0 saturated carbocycles. The number of carbonyl (C=O) groups excluding carboxylic acids is 2. The molecular formula is C25H18ClF3N8O3. The quantitative estimate of drug-likeness (QED) is 0.290. The van der Waals surface area contributed by atoms with Crippen LogP contribution in [0.4, 0.5) is 18.9 Å². The first-order valence-corrected chi connectivity index (χ1v) is 11.9. The van der Waals surface area contributed by atoms with Gasteiger partial charge in [-0.05, 0) is 13.0 Å². The zero-order valence-electron chi connectivity index (χ0n) is 20.6. The topological polar surface area (TPSA) is 130 Å². The van der Waals surface area contributed by atoms with Crippen LogP contribution in [-0.4, -0.2) is 53.0 Å². The first kappa shape index (κ1) is 26.9. The number of hydrogen-bond donors (Lipinski definition) is 1. The van der Waals surface area contributed by atoms with E-state index in [1.807, 2.05) is 0 Å². The molecule has 4 heterocycles. The minimum Gasteiger partial charge on any atom is -0.367 e. The predicted molar refractivity (Wildman–Crippen MR) is 136 cm³/mol. The Morgan fingerprint density at radius 1 is 1.02 bits per heavy atom. The molecule has 4 aromatic heterocycles. The molecule has 0 fully saturated rings. The van der Waals surface area contributed by atoms with Crippen LogP contribution in [0.25, 0.3) is 22.3 Å². The van der Waals surface area contributed by atoms with Crippen molar-refractivity contribution in [1.82, 2.24) is 34.7 Å². The van der Waals surface area contributed by atoms with E-state index in [-0.39, 0.29) is 41.2 Å². The van der Waals surface area contributed by atoms with Crippen molar-refractivity contribution < 1.29 is 27.5 Å². The molecule has 1 amide bonds. The predicted octanol–water partition coefficient (Wildman–Crippen LogP) is 4.43. The Labute approximate surface area is 228 Å². The number of carbonyl (C=O) groups is 2. The fourth-order valence-electron chi connectivity index (χ4n) is 3.95. The van der Waals surface area contributed by atoms with Gasteiger partial charge < -0.3 is 10.1 Å². The average Bonchev–Trinajstić information content (AvgIpc) is 3.59. The third-order valence-corrected chi connectivity index (χ3v) is 5.88. The molecule has 0 bridgehead atoms. The van der Waals surface area contributed by atoms with Crippen LogP contribution in [0.15, 0.2) is 61.3 Å². The van der Waals surface area contributed by atoms with Crippen LogP contribution in [0, 0.1) is 0 Å². The number of Topliss-reactive ketones (excluding diaryl/α,β-unsaturated/α-hetero) is 1. The first-order valence-electron chi connectivity index (χ1n) is 11.6. The Morgan fingerprint density at radius 3 is 2.42 bits per heavy atom. The molecule has 1 N–H and O–H groups in total. The molecule has 15 heteroatoms. The third-order valence-electron chi connectivity index (χ3n) is 5.60. The Kier molecular flexibility index (Phi) is 7.28. The molecule has 0 aliphatic carbocycles. The number of ether oxygens (including phenoxy) is 1. The van der Waals surface area contributed by atoms with Crippen molar-refractivity contribution in [1.29, 1.82) is 0 Å². The van der Waals surface area contributed by atoms with Gasteiger partial charge in [0, 0.05) is 10.8 Å². The number of hydrogen-bond acceptors (Lipinski definition) is 8. The standard InChI is InChI=1S/C25H18ClF3N8O3/c1-14(38)12-40-13-20-16-4-2-3-5-17(16)21(11-30-20)36-22(25(27,28)29)18(10-34-36)24(39)35-15-8-19(26)23(31-9-15)37-32-6-7-33-37/h2-11H,12-13H2,1H3,(H,35,39). The van der Waals surface area contributed by atoms with Gasteiger partial charge in [0.25, 0.3) is 5.91 Å². The van der Waals surface area contributed by atoms with E-state index in [1.165, 1.54) is 37.8 Å². The average molecular weight is 571 g/mol. The number of amides is 1. The fourth-order valence-corrected chi connectivity index (χ4v) is 4.19. The van der Waals surface area contributed by atoms with Gasteiger partial charge in [0.2, 0.25) is 0 Å². The van der Waals surface area contributed by atoms with Gasteiger partial charge in [-0.2, -0.15) is 28.5 Å². The number of pyridine rings is 2. The Morgan fingerprint density at radius 2 is 1.75 bits per heavy atom. The van der Waals surface area contributed by atoms with Crippen molar-refractivity contribution >= 4 is 39.8 Å². The molecule has 0 aliphatic rings. The summed E-state index contributed by atoms with van der Waals surface area (Å²) in [6.07, 6.45) is 1.12. The summed E-state index contributed by atoms with van der Waals surface area (Å²) < 4.78 is 49.1. The minimum atomic E-state index is -4.96. The molecule has 40 heavy (non-hydrogen) atoms. The normalized spacial score (nSPS) is 11.6. The van der Waals surface area contributed by atoms with Crippen molar-refractivity contribution in [3.63, 3.8) is 0 Å². The number of nitrogens with zero attached hydrogens (tertiary/aromatic N) is 7. The molecule has 0 spiro atoms. The van der Waals surface area contributed by atoms with E-state index in [1.54, 1.807) is 24.3 Å². The summed E-state index contributed by atoms with van der Waals surface area (Å²) in [5.41, 5.74) is -1.54. The smallest absolute Gasteiger partial charge is 0.367 e. The summed E-state index contributed by atoms with van der Waals surface area (Å²) in [6, 6.07) is 7.93. The van der Waals surface area contributed by atoms with Gasteiger partial charge in [-0.3, -0.25) is 14.6 Å². The summed E-state index contributed by atoms with van der Waals surface area (Å²) in [4.78, 5) is 33.7. The second-order valence-electron chi connectivity index (χ2n) is 8.45. The number of aromatic nitrogens is 7. The van der Waals surface area contributed by atoms with Crippen molar-refractivity contribution in [2.24, 2.45) is 0 Å². The van der Waals surface area contributed by atoms with Crippen LogP contribution >= 0.6 is 11.6 Å². The maximum Gasteiger partial charge on any atom is 0.434 e. The number of fused-ring (bicyclic) bond motifs is 1. The lowest BCUT2D eigenvalue weighted by molar-refractivity contribution is -0.143. The number of rotatable bonds is 8. The fraction of sp³-hybridized carbons (Fsp3) is 0.160. The maximum absolute atomic E-state index is 14.4. The number of halogens is 4. The highest BCUT2D eigenvalue weighted by molar-refractivity contribution is 6.32. The van der Waals surface area contributed by atoms with E-state index in [9.17, 15) is 22.8 Å². The van der Waals surface area contributed by atoms with Crippen LogP contribution in [0.2, 0.25) is 5.02 Å². The van der Waals surface area contributed by atoms with E-state index in [2.05, 4.69) is 30.6 Å². The number of benzene rings is 1. The minimum absolute atomic E-state index is 0.00178. The number of alkyl halides is 3. The van der Waals surface area contributed by atoms with E-state index in [4.69, 9.17) is 16.3 Å². The summed E-state index contributed by atoms with van der Waals surface area (Å²) in [5, 5.41) is 15.1. The third kappa shape index (κ3) is 5.39. The van der Waals surface area contributed by atoms with Crippen LogP contribution in [-0.2, 0) is 22.3 Å². The van der Waals surface area contributed by atoms with Crippen molar-refractivity contribution in [2.75, 3.05) is 11.9 Å². The monoisotopic (exact) mass is 570 g/mol. The van der Waals surface area contributed by atoms with E-state index in [0.717, 1.165) is 11.0 Å². The molecule has 0 atom stereocenters. The SMILES string of the molecule is CC(=O)COCc1ncc(-n2ncc(C(=O)Nc3cnc(-n4nccn4)c(Cl)c3)c2C(F)(F)F)c2ccccc12. The molecular weight excluding hydrogens is 553 g/mol. The maximum atomic E-state index is 14.4. The van der Waals surface area contributed by atoms with Gasteiger partial charge in [0.1, 0.15) is 6.61 Å². The van der Waals surface area contributed by atoms with Gasteiger partial charge >= 0.3 is 6.18 Å². The van der Waals surface area contributed by atoms with Gasteiger partial charge in [-0.25, -0.2) is 9.67 Å². The van der Waals surface area contributed by atoms with Gasteiger partial charge in [-0.1, -0.05) is 35.9 Å². The highest BCUT2D eigenvalue weighted by Crippen LogP contribution is 2.36. The van der Waals surface area contributed by atoms with Crippen molar-refractivity contribution in [2.45, 2.75) is 19.7 Å². The summed E-state index contributed by atoms with van der Waals surface area (Å²) in [6.45, 7) is 1.22. The largest absolute Gasteiger partial charge is 0.434 e. The van der Waals surface area contributed by atoms with Crippen LogP contribution in [0.1, 0.15) is 28.7 Å². The number of ketones is 1. The van der Waals surface area contributed by atoms with E-state index >= 15 is 0 Å². The second kappa shape index (κ2) is 10.8. The van der Waals surface area contributed by atoms with E-state index in [0.29, 0.717) is 21.1 Å². The lowest BCUT2D eigenvalue weighted by Gasteiger charge is -2.15. The Bertz CT molecular complexity index is 1720. The lowest BCUT2D eigenvalue weighted by Crippen LogP contribution is -2.21. The summed E-state index contributed by atoms with van der Waals surface area (Å²) >= 11 is 6.21. The zero-order valence-corrected chi connectivity index (χ0v) is 21.3. The molecule has 5 rings (SSSR count). The number of nitrogens with one attached hydrogen (secondary N) is 1. The molecule has 204 valence electrons. The zero-order chi connectivity index (χ0) is 28.4. The lowest BCUT2D eigenvalue weighted by atomic mass is 10.1. The molecule has 0 aliphatic heterocycles. The molecule has 1 aromatic carbocycles. The van der Waals surface area contributed by atoms with Crippen LogP contribution in [0.5, 0.6) is 0 Å². The second-order valence-corrected chi connectivity index (χ2v) is 8.86. The molecule has 0 radical (unpaired) electrons. The van der Waals surface area contributed by atoms with Gasteiger partial charge in [0.05, 0.1) is 65.2 Å². The first-order chi connectivity index (χ1) is 19.1. The van der Waals surface area contributed by atoms with Gasteiger partial charge in [-0.15, -0.1) is 4.80 Å². The molecule has 0 saturated heterocycles. The highest BCUT2D eigenvalue weighted by Gasteiger charge is 2.41. The summed E-state index contributed by atoms with van der Waals surface area (Å²) in [7, 11) is 0. The van der Waals surface area contributed by atoms with Crippen molar-refractivity contribution in [3.05, 3.63) is 83.3 Å². The molecule has 5 aromatic rings. The Balaban J connectivity index is 1.50. The summed E-state index contributed by atoms with van der Waals surface area (Å²) in [5.74, 6) is -1.09. The van der Waals surface area contributed by atoms with Crippen LogP contribution < -0.4 is 5.32 Å².